The number of amides is 2. The Morgan fingerprint density at radius 3 is 2.73 bits per heavy atom. The number of anilines is 1. The van der Waals surface area contributed by atoms with Gasteiger partial charge in [0.2, 0.25) is 6.41 Å². The lowest BCUT2D eigenvalue weighted by Crippen LogP contribution is -2.48. The van der Waals surface area contributed by atoms with Crippen LogP contribution in [0.3, 0.4) is 0 Å². The molecule has 26 heavy (non-hydrogen) atoms. The van der Waals surface area contributed by atoms with Crippen molar-refractivity contribution in [3.05, 3.63) is 29.2 Å². The highest BCUT2D eigenvalue weighted by atomic mass is 16.2. The Balaban J connectivity index is 1.59. The summed E-state index contributed by atoms with van der Waals surface area (Å²) in [5.41, 5.74) is 1.93. The number of piperazine rings is 1. The Labute approximate surface area is 154 Å². The molecule has 3 rings (SSSR count). The second-order valence-electron chi connectivity index (χ2n) is 6.90. The van der Waals surface area contributed by atoms with Gasteiger partial charge in [-0.05, 0) is 39.0 Å². The molecule has 0 radical (unpaired) electrons. The van der Waals surface area contributed by atoms with E-state index in [4.69, 9.17) is 0 Å². The molecule has 0 spiro atoms. The summed E-state index contributed by atoms with van der Waals surface area (Å²) in [6.45, 7) is 4.83. The van der Waals surface area contributed by atoms with E-state index in [0.717, 1.165) is 19.4 Å². The third kappa shape index (κ3) is 4.80. The third-order valence-electron chi connectivity index (χ3n) is 4.94. The first kappa shape index (κ1) is 18.4. The van der Waals surface area contributed by atoms with Gasteiger partial charge < -0.3 is 15.1 Å². The molecule has 0 saturated carbocycles. The lowest BCUT2D eigenvalue weighted by molar-refractivity contribution is -0.119. The van der Waals surface area contributed by atoms with Crippen molar-refractivity contribution in [3.63, 3.8) is 0 Å². The van der Waals surface area contributed by atoms with Crippen LogP contribution in [0.1, 0.15) is 48.4 Å². The highest BCUT2D eigenvalue weighted by Crippen LogP contribution is 2.20. The van der Waals surface area contributed by atoms with Crippen LogP contribution >= 0.6 is 0 Å². The van der Waals surface area contributed by atoms with Crippen LogP contribution in [0.4, 0.5) is 5.82 Å². The van der Waals surface area contributed by atoms with Gasteiger partial charge in [0.15, 0.2) is 0 Å². The molecule has 1 N–H and O–H groups in total. The summed E-state index contributed by atoms with van der Waals surface area (Å²) in [7, 11) is 0. The van der Waals surface area contributed by atoms with Crippen molar-refractivity contribution in [3.8, 4) is 0 Å². The van der Waals surface area contributed by atoms with Gasteiger partial charge in [-0.15, -0.1) is 0 Å². The SMILES string of the molecule is Cc1nc(NCCC2=CCCCC2)cc(C(=O)N2CCN(C=O)CC2)n1. The number of hydrogen-bond donors (Lipinski definition) is 1. The Morgan fingerprint density at radius 2 is 2.04 bits per heavy atom. The highest BCUT2D eigenvalue weighted by Gasteiger charge is 2.23. The number of nitrogens with zero attached hydrogens (tertiary/aromatic N) is 4. The fourth-order valence-electron chi connectivity index (χ4n) is 3.44. The van der Waals surface area contributed by atoms with Crippen molar-refractivity contribution in [1.29, 1.82) is 0 Å². The van der Waals surface area contributed by atoms with E-state index < -0.39 is 0 Å². The molecule has 7 nitrogen and oxygen atoms in total. The van der Waals surface area contributed by atoms with Gasteiger partial charge in [0.1, 0.15) is 17.3 Å². The quantitative estimate of drug-likeness (QED) is 0.622. The molecule has 1 aromatic rings. The molecule has 2 amide bonds. The fourth-order valence-corrected chi connectivity index (χ4v) is 3.44. The number of nitrogens with one attached hydrogen (secondary N) is 1. The Bertz CT molecular complexity index is 681. The Morgan fingerprint density at radius 1 is 1.23 bits per heavy atom. The van der Waals surface area contributed by atoms with E-state index >= 15 is 0 Å². The summed E-state index contributed by atoms with van der Waals surface area (Å²) < 4.78 is 0. The number of carbonyl (C=O) groups excluding carboxylic acids is 2. The number of rotatable bonds is 6. The van der Waals surface area contributed by atoms with Gasteiger partial charge in [0.25, 0.3) is 5.91 Å². The van der Waals surface area contributed by atoms with E-state index in [-0.39, 0.29) is 5.91 Å². The van der Waals surface area contributed by atoms with Crippen molar-refractivity contribution < 1.29 is 9.59 Å². The van der Waals surface area contributed by atoms with Crippen molar-refractivity contribution in [1.82, 2.24) is 19.8 Å². The van der Waals surface area contributed by atoms with Crippen LogP contribution < -0.4 is 5.32 Å². The maximum Gasteiger partial charge on any atom is 0.272 e. The molecular formula is C19H27N5O2. The first-order chi connectivity index (χ1) is 12.7. The molecule has 2 aliphatic rings. The molecule has 2 heterocycles. The van der Waals surface area contributed by atoms with Crippen LogP contribution in [0, 0.1) is 6.92 Å². The number of aromatic nitrogens is 2. The van der Waals surface area contributed by atoms with E-state index in [1.165, 1.54) is 31.3 Å². The molecule has 1 saturated heterocycles. The molecule has 0 bridgehead atoms. The van der Waals surface area contributed by atoms with Gasteiger partial charge in [0.05, 0.1) is 0 Å². The van der Waals surface area contributed by atoms with Crippen LogP contribution in [0.15, 0.2) is 17.7 Å². The minimum absolute atomic E-state index is 0.0981. The van der Waals surface area contributed by atoms with Crippen molar-refractivity contribution in [2.24, 2.45) is 0 Å². The van der Waals surface area contributed by atoms with Gasteiger partial charge in [-0.2, -0.15) is 0 Å². The van der Waals surface area contributed by atoms with Crippen LogP contribution in [-0.2, 0) is 4.79 Å². The topological polar surface area (TPSA) is 78.4 Å². The summed E-state index contributed by atoms with van der Waals surface area (Å²) in [4.78, 5) is 35.7. The van der Waals surface area contributed by atoms with E-state index in [2.05, 4.69) is 21.4 Å². The van der Waals surface area contributed by atoms with Crippen molar-refractivity contribution in [2.45, 2.75) is 39.0 Å². The zero-order valence-electron chi connectivity index (χ0n) is 15.4. The van der Waals surface area contributed by atoms with Gasteiger partial charge >= 0.3 is 0 Å². The van der Waals surface area contributed by atoms with Crippen LogP contribution in [0.5, 0.6) is 0 Å². The first-order valence-electron chi connectivity index (χ1n) is 9.42. The van der Waals surface area contributed by atoms with E-state index in [0.29, 0.717) is 43.5 Å². The van der Waals surface area contributed by atoms with Gasteiger partial charge in [-0.1, -0.05) is 11.6 Å². The summed E-state index contributed by atoms with van der Waals surface area (Å²) in [5.74, 6) is 1.18. The van der Waals surface area contributed by atoms with Gasteiger partial charge in [-0.25, -0.2) is 9.97 Å². The van der Waals surface area contributed by atoms with Crippen molar-refractivity contribution >= 4 is 18.1 Å². The average Bonchev–Trinajstić information content (AvgIpc) is 2.68. The lowest BCUT2D eigenvalue weighted by Gasteiger charge is -2.32. The number of aryl methyl sites for hydroxylation is 1. The zero-order chi connectivity index (χ0) is 18.4. The molecule has 1 fully saturated rings. The smallest absolute Gasteiger partial charge is 0.272 e. The second-order valence-corrected chi connectivity index (χ2v) is 6.90. The molecule has 7 heteroatoms. The summed E-state index contributed by atoms with van der Waals surface area (Å²) in [6.07, 6.45) is 9.17. The Hall–Kier alpha value is -2.44. The molecule has 1 aliphatic heterocycles. The largest absolute Gasteiger partial charge is 0.370 e. The monoisotopic (exact) mass is 357 g/mol. The van der Waals surface area contributed by atoms with Gasteiger partial charge in [0, 0.05) is 38.8 Å². The van der Waals surface area contributed by atoms with Crippen molar-refractivity contribution in [2.75, 3.05) is 38.0 Å². The zero-order valence-corrected chi connectivity index (χ0v) is 15.4. The lowest BCUT2D eigenvalue weighted by atomic mass is 9.97. The number of allylic oxidation sites excluding steroid dienone is 1. The predicted octanol–water partition coefficient (Wildman–Crippen LogP) is 2.00. The van der Waals surface area contributed by atoms with E-state index in [1.54, 1.807) is 22.8 Å². The normalized spacial score (nSPS) is 17.7. The maximum atomic E-state index is 12.7. The Kier molecular flexibility index (Phi) is 6.20. The summed E-state index contributed by atoms with van der Waals surface area (Å²) in [6, 6.07) is 1.73. The summed E-state index contributed by atoms with van der Waals surface area (Å²) in [5, 5.41) is 3.33. The predicted molar refractivity (Wildman–Crippen MR) is 100.0 cm³/mol. The number of carbonyl (C=O) groups is 2. The minimum atomic E-state index is -0.0981. The molecule has 140 valence electrons. The minimum Gasteiger partial charge on any atom is -0.370 e. The summed E-state index contributed by atoms with van der Waals surface area (Å²) >= 11 is 0. The van der Waals surface area contributed by atoms with Gasteiger partial charge in [-0.3, -0.25) is 9.59 Å². The average molecular weight is 357 g/mol. The van der Waals surface area contributed by atoms with Crippen LogP contribution in [0.25, 0.3) is 0 Å². The van der Waals surface area contributed by atoms with Crippen LogP contribution in [-0.4, -0.2) is 64.8 Å². The molecule has 0 atom stereocenters. The third-order valence-corrected chi connectivity index (χ3v) is 4.94. The molecule has 1 aromatic heterocycles. The van der Waals surface area contributed by atoms with E-state index in [9.17, 15) is 9.59 Å². The molecule has 0 aromatic carbocycles. The van der Waals surface area contributed by atoms with Crippen LogP contribution in [0.2, 0.25) is 0 Å². The van der Waals surface area contributed by atoms with E-state index in [1.807, 2.05) is 0 Å². The molecular weight excluding hydrogens is 330 g/mol. The number of hydrogen-bond acceptors (Lipinski definition) is 5. The fraction of sp³-hybridized carbons (Fsp3) is 0.579. The standard InChI is InChI=1S/C19H27N5O2/c1-15-21-17(19(26)24-11-9-23(14-25)10-12-24)13-18(22-15)20-8-7-16-5-3-2-4-6-16/h5,13-14H,2-4,6-12H2,1H3,(H,20,21,22). The second kappa shape index (κ2) is 8.78. The first-order valence-corrected chi connectivity index (χ1v) is 9.42. The molecule has 1 aliphatic carbocycles. The highest BCUT2D eigenvalue weighted by molar-refractivity contribution is 5.93. The molecule has 0 unspecified atom stereocenters. The maximum absolute atomic E-state index is 12.7.